The summed E-state index contributed by atoms with van der Waals surface area (Å²) < 4.78 is 2.83. The minimum atomic E-state index is 0.165. The fourth-order valence-corrected chi connectivity index (χ4v) is 7.47. The molecule has 5 rings (SSSR count). The van der Waals surface area contributed by atoms with Gasteiger partial charge in [0.1, 0.15) is 0 Å². The predicted molar refractivity (Wildman–Crippen MR) is 146 cm³/mol. The highest BCUT2D eigenvalue weighted by atomic mass is 32.1. The lowest BCUT2D eigenvalue weighted by molar-refractivity contribution is 0.332. The van der Waals surface area contributed by atoms with Gasteiger partial charge in [0.2, 0.25) is 0 Å². The van der Waals surface area contributed by atoms with Crippen molar-refractivity contribution in [3.05, 3.63) is 64.8 Å². The number of aromatic nitrogens is 1. The van der Waals surface area contributed by atoms with Gasteiger partial charge >= 0.3 is 0 Å². The van der Waals surface area contributed by atoms with E-state index < -0.39 is 0 Å². The molecule has 2 aromatic carbocycles. The van der Waals surface area contributed by atoms with Crippen molar-refractivity contribution < 1.29 is 0 Å². The van der Waals surface area contributed by atoms with Gasteiger partial charge in [-0.15, -0.1) is 11.3 Å². The molecule has 1 aliphatic carbocycles. The van der Waals surface area contributed by atoms with Gasteiger partial charge in [-0.2, -0.15) is 0 Å². The van der Waals surface area contributed by atoms with E-state index in [9.17, 15) is 0 Å². The van der Waals surface area contributed by atoms with Gasteiger partial charge in [0.25, 0.3) is 0 Å². The summed E-state index contributed by atoms with van der Waals surface area (Å²) in [7, 11) is 0. The molecular weight excluding hydrogens is 418 g/mol. The van der Waals surface area contributed by atoms with E-state index in [0.717, 1.165) is 12.1 Å². The lowest BCUT2D eigenvalue weighted by Crippen LogP contribution is -2.35. The third-order valence-corrected chi connectivity index (χ3v) is 8.96. The first-order valence-electron chi connectivity index (χ1n) is 12.3. The molecule has 4 aromatic rings. The number of rotatable bonds is 2. The van der Waals surface area contributed by atoms with Crippen LogP contribution < -0.4 is 0 Å². The largest absolute Gasteiger partial charge is 0.255 e. The van der Waals surface area contributed by atoms with Crippen LogP contribution in [0.5, 0.6) is 0 Å². The number of hydrogen-bond acceptors (Lipinski definition) is 2. The van der Waals surface area contributed by atoms with Crippen molar-refractivity contribution in [2.24, 2.45) is 5.41 Å². The Kier molecular flexibility index (Phi) is 5.07. The van der Waals surface area contributed by atoms with Crippen molar-refractivity contribution in [2.45, 2.75) is 85.5 Å². The summed E-state index contributed by atoms with van der Waals surface area (Å²) in [6, 6.07) is 13.0. The zero-order valence-electron chi connectivity index (χ0n) is 21.5. The van der Waals surface area contributed by atoms with E-state index in [1.807, 2.05) is 17.5 Å². The van der Waals surface area contributed by atoms with Crippen LogP contribution in [0, 0.1) is 12.3 Å². The first kappa shape index (κ1) is 22.6. The molecule has 0 radical (unpaired) electrons. The van der Waals surface area contributed by atoms with E-state index >= 15 is 0 Å². The second-order valence-corrected chi connectivity index (χ2v) is 13.6. The number of hydrogen-bond donors (Lipinski definition) is 0. The van der Waals surface area contributed by atoms with Crippen LogP contribution in [-0.4, -0.2) is 4.98 Å². The van der Waals surface area contributed by atoms with Gasteiger partial charge in [-0.1, -0.05) is 78.8 Å². The highest BCUT2D eigenvalue weighted by Crippen LogP contribution is 2.55. The topological polar surface area (TPSA) is 12.9 Å². The lowest BCUT2D eigenvalue weighted by Gasteiger charge is -2.44. The summed E-state index contributed by atoms with van der Waals surface area (Å²) in [4.78, 5) is 4.89. The van der Waals surface area contributed by atoms with Crippen LogP contribution in [0.4, 0.5) is 0 Å². The highest BCUT2D eigenvalue weighted by molar-refractivity contribution is 7.26. The van der Waals surface area contributed by atoms with Crippen LogP contribution in [0.15, 0.2) is 42.6 Å². The Hall–Kier alpha value is -2.19. The minimum absolute atomic E-state index is 0.165. The highest BCUT2D eigenvalue weighted by Gasteiger charge is 2.41. The molecule has 0 bridgehead atoms. The van der Waals surface area contributed by atoms with Crippen LogP contribution in [-0.2, 0) is 17.3 Å². The number of benzene rings is 2. The molecule has 0 aliphatic heterocycles. The van der Waals surface area contributed by atoms with Crippen LogP contribution in [0.1, 0.15) is 83.6 Å². The van der Waals surface area contributed by atoms with Crippen molar-refractivity contribution in [2.75, 3.05) is 0 Å². The van der Waals surface area contributed by atoms with Crippen LogP contribution >= 0.6 is 11.3 Å². The maximum Gasteiger partial charge on any atom is 0.0880 e. The Bertz CT molecular complexity index is 1360. The molecule has 0 amide bonds. The molecule has 1 nitrogen and oxygen atoms in total. The zero-order chi connectivity index (χ0) is 23.8. The van der Waals surface area contributed by atoms with Crippen LogP contribution in [0.2, 0.25) is 0 Å². The molecule has 33 heavy (non-hydrogen) atoms. The Morgan fingerprint density at radius 3 is 2.15 bits per heavy atom. The van der Waals surface area contributed by atoms with Gasteiger partial charge in [-0.3, -0.25) is 4.98 Å². The average Bonchev–Trinajstić information content (AvgIpc) is 3.12. The van der Waals surface area contributed by atoms with E-state index in [-0.39, 0.29) is 16.2 Å². The molecule has 1 aliphatic rings. The van der Waals surface area contributed by atoms with Gasteiger partial charge in [0.05, 0.1) is 10.4 Å². The summed E-state index contributed by atoms with van der Waals surface area (Å²) in [5.74, 6) is 0. The summed E-state index contributed by atoms with van der Waals surface area (Å²) in [5.41, 5.74) is 9.22. The molecule has 2 heterocycles. The molecule has 172 valence electrons. The molecular formula is C31H37NS. The van der Waals surface area contributed by atoms with Gasteiger partial charge in [0, 0.05) is 27.2 Å². The van der Waals surface area contributed by atoms with E-state index in [4.69, 9.17) is 4.98 Å². The molecule has 2 heteroatoms. The average molecular weight is 456 g/mol. The zero-order valence-corrected chi connectivity index (χ0v) is 22.3. The van der Waals surface area contributed by atoms with Crippen molar-refractivity contribution in [3.63, 3.8) is 0 Å². The van der Waals surface area contributed by atoms with Crippen molar-refractivity contribution in [1.29, 1.82) is 0 Å². The third-order valence-electron chi connectivity index (χ3n) is 7.69. The number of thiophene rings is 1. The van der Waals surface area contributed by atoms with E-state index in [1.165, 1.54) is 44.1 Å². The monoisotopic (exact) mass is 455 g/mol. The summed E-state index contributed by atoms with van der Waals surface area (Å²) >= 11 is 1.98. The van der Waals surface area contributed by atoms with Gasteiger partial charge in [0.15, 0.2) is 0 Å². The Morgan fingerprint density at radius 2 is 1.52 bits per heavy atom. The number of pyridine rings is 1. The SMILES string of the molecule is Cc1c2c(c3c(sc4c(-c5ccccc5)nccc43)c1CC(C)(C)C)C(C)(C)CCC2(C)C. The molecule has 0 N–H and O–H groups in total. The van der Waals surface area contributed by atoms with Crippen molar-refractivity contribution in [1.82, 2.24) is 4.98 Å². The van der Waals surface area contributed by atoms with E-state index in [1.54, 1.807) is 16.7 Å². The molecule has 0 fully saturated rings. The first-order chi connectivity index (χ1) is 15.4. The van der Waals surface area contributed by atoms with Crippen LogP contribution in [0.25, 0.3) is 31.4 Å². The maximum atomic E-state index is 4.89. The summed E-state index contributed by atoms with van der Waals surface area (Å²) in [6.45, 7) is 19.4. The number of fused-ring (bicyclic) bond motifs is 5. The Morgan fingerprint density at radius 1 is 0.879 bits per heavy atom. The Balaban J connectivity index is 1.99. The van der Waals surface area contributed by atoms with Gasteiger partial charge in [-0.05, 0) is 70.8 Å². The smallest absolute Gasteiger partial charge is 0.0880 e. The predicted octanol–water partition coefficient (Wildman–Crippen LogP) is 9.36. The van der Waals surface area contributed by atoms with Crippen molar-refractivity contribution in [3.8, 4) is 11.3 Å². The third kappa shape index (κ3) is 3.62. The second-order valence-electron chi connectivity index (χ2n) is 12.6. The first-order valence-corrected chi connectivity index (χ1v) is 13.2. The molecule has 0 saturated carbocycles. The second kappa shape index (κ2) is 7.40. The molecule has 0 atom stereocenters. The van der Waals surface area contributed by atoms with Gasteiger partial charge < -0.3 is 0 Å². The van der Waals surface area contributed by atoms with Crippen molar-refractivity contribution >= 4 is 31.5 Å². The van der Waals surface area contributed by atoms with Gasteiger partial charge in [-0.25, -0.2) is 0 Å². The maximum absolute atomic E-state index is 4.89. The minimum Gasteiger partial charge on any atom is -0.255 e. The van der Waals surface area contributed by atoms with E-state index in [0.29, 0.717) is 0 Å². The molecule has 2 aromatic heterocycles. The quantitative estimate of drug-likeness (QED) is 0.293. The lowest BCUT2D eigenvalue weighted by atomic mass is 9.60. The summed E-state index contributed by atoms with van der Waals surface area (Å²) in [6.07, 6.45) is 5.59. The van der Waals surface area contributed by atoms with Crippen LogP contribution in [0.3, 0.4) is 0 Å². The normalized spacial score (nSPS) is 17.5. The fourth-order valence-electron chi connectivity index (χ4n) is 6.06. The standard InChI is InChI=1S/C31H37NS/c1-19-22(18-29(2,3)4)27-23(25-24(19)30(5,6)15-16-31(25,7)8)21-14-17-32-26(28(21)33-27)20-12-10-9-11-13-20/h9-14,17H,15-16,18H2,1-8H3. The fraction of sp³-hybridized carbons (Fsp3) is 0.452. The molecule has 0 unspecified atom stereocenters. The molecule has 0 saturated heterocycles. The summed E-state index contributed by atoms with van der Waals surface area (Å²) in [5, 5.41) is 2.90. The number of nitrogens with zero attached hydrogens (tertiary/aromatic N) is 1. The van der Waals surface area contributed by atoms with E-state index in [2.05, 4.69) is 91.8 Å². The molecule has 0 spiro atoms. The Labute approximate surface area is 203 Å².